The molecule has 2 aromatic rings. The highest BCUT2D eigenvalue weighted by atomic mass is 16.2. The van der Waals surface area contributed by atoms with Crippen molar-refractivity contribution in [3.8, 4) is 0 Å². The topological polar surface area (TPSA) is 88.0 Å². The van der Waals surface area contributed by atoms with Crippen molar-refractivity contribution >= 4 is 22.4 Å². The Kier molecular flexibility index (Phi) is 4.24. The molecule has 3 rings (SSSR count). The minimum atomic E-state index is -0.463. The molecule has 1 saturated carbocycles. The summed E-state index contributed by atoms with van der Waals surface area (Å²) >= 11 is 0. The van der Waals surface area contributed by atoms with Gasteiger partial charge in [-0.15, -0.1) is 0 Å². The number of carbonyl (C=O) groups is 1. The summed E-state index contributed by atoms with van der Waals surface area (Å²) in [6, 6.07) is 6.61. The van der Waals surface area contributed by atoms with Gasteiger partial charge >= 0.3 is 0 Å². The van der Waals surface area contributed by atoms with Crippen molar-refractivity contribution in [3.63, 3.8) is 0 Å². The molecule has 0 saturated heterocycles. The number of hydrogen-bond donors (Lipinski definition) is 3. The molecule has 0 unspecified atom stereocenters. The van der Waals surface area contributed by atoms with Gasteiger partial charge in [-0.25, -0.2) is 0 Å². The Hall–Kier alpha value is -2.14. The number of carbonyl (C=O) groups excluding carboxylic acids is 1. The molecule has 116 valence electrons. The minimum Gasteiger partial charge on any atom is -0.329 e. The number of aromatic amines is 1. The molecule has 5 nitrogen and oxygen atoms in total. The average Bonchev–Trinajstić information content (AvgIpc) is 2.55. The fraction of sp³-hybridized carbons (Fsp3) is 0.412. The standard InChI is InChI=1S/C17H21N3O2/c18-15(11-4-2-1-3-5-11)17(22)20-13-6-7-14-12(10-13)8-9-19-16(14)21/h6-11,15H,1-5,18H2,(H,19,21)(H,20,22)/t15-/m1/s1. The molecule has 0 spiro atoms. The van der Waals surface area contributed by atoms with E-state index in [0.29, 0.717) is 11.1 Å². The van der Waals surface area contributed by atoms with Gasteiger partial charge in [-0.1, -0.05) is 19.3 Å². The van der Waals surface area contributed by atoms with Crippen molar-refractivity contribution < 1.29 is 4.79 Å². The molecule has 1 amide bonds. The summed E-state index contributed by atoms with van der Waals surface area (Å²) in [6.07, 6.45) is 7.21. The maximum atomic E-state index is 12.3. The number of amides is 1. The van der Waals surface area contributed by atoms with E-state index < -0.39 is 6.04 Å². The Labute approximate surface area is 128 Å². The molecule has 4 N–H and O–H groups in total. The number of H-pyrrole nitrogens is 1. The average molecular weight is 299 g/mol. The SMILES string of the molecule is N[C@@H](C(=O)Nc1ccc2c(=O)[nH]ccc2c1)C1CCCCC1. The van der Waals surface area contributed by atoms with Crippen LogP contribution in [0.1, 0.15) is 32.1 Å². The highest BCUT2D eigenvalue weighted by molar-refractivity contribution is 5.97. The lowest BCUT2D eigenvalue weighted by atomic mass is 9.84. The van der Waals surface area contributed by atoms with Gasteiger partial charge in [0.2, 0.25) is 5.91 Å². The van der Waals surface area contributed by atoms with Crippen molar-refractivity contribution in [2.75, 3.05) is 5.32 Å². The smallest absolute Gasteiger partial charge is 0.255 e. The maximum absolute atomic E-state index is 12.3. The summed E-state index contributed by atoms with van der Waals surface area (Å²) in [5.74, 6) is 0.133. The van der Waals surface area contributed by atoms with E-state index in [9.17, 15) is 9.59 Å². The summed E-state index contributed by atoms with van der Waals surface area (Å²) in [5.41, 5.74) is 6.65. The van der Waals surface area contributed by atoms with Crippen LogP contribution in [0, 0.1) is 5.92 Å². The van der Waals surface area contributed by atoms with Crippen LogP contribution in [0.25, 0.3) is 10.8 Å². The molecule has 1 heterocycles. The number of benzene rings is 1. The fourth-order valence-corrected chi connectivity index (χ4v) is 3.20. The van der Waals surface area contributed by atoms with Gasteiger partial charge in [0.25, 0.3) is 5.56 Å². The molecule has 0 aliphatic heterocycles. The highest BCUT2D eigenvalue weighted by Gasteiger charge is 2.26. The number of rotatable bonds is 3. The van der Waals surface area contributed by atoms with E-state index in [1.165, 1.54) is 6.42 Å². The van der Waals surface area contributed by atoms with Gasteiger partial charge in [0.15, 0.2) is 0 Å². The molecular weight excluding hydrogens is 278 g/mol. The monoisotopic (exact) mass is 299 g/mol. The zero-order chi connectivity index (χ0) is 15.5. The number of anilines is 1. The first-order valence-corrected chi connectivity index (χ1v) is 7.83. The van der Waals surface area contributed by atoms with Crippen LogP contribution in [0.2, 0.25) is 0 Å². The van der Waals surface area contributed by atoms with Crippen LogP contribution in [0.5, 0.6) is 0 Å². The summed E-state index contributed by atoms with van der Waals surface area (Å²) in [4.78, 5) is 26.6. The van der Waals surface area contributed by atoms with E-state index in [1.807, 2.05) is 6.07 Å². The first-order valence-electron chi connectivity index (χ1n) is 7.83. The van der Waals surface area contributed by atoms with Gasteiger partial charge in [0, 0.05) is 17.3 Å². The second-order valence-electron chi connectivity index (χ2n) is 6.02. The van der Waals surface area contributed by atoms with Gasteiger partial charge in [0.1, 0.15) is 0 Å². The minimum absolute atomic E-state index is 0.130. The second kappa shape index (κ2) is 6.32. The predicted octanol–water partition coefficient (Wildman–Crippen LogP) is 2.37. The third kappa shape index (κ3) is 3.04. The Morgan fingerprint density at radius 1 is 1.23 bits per heavy atom. The molecule has 1 aromatic carbocycles. The Morgan fingerprint density at radius 2 is 2.00 bits per heavy atom. The van der Waals surface area contributed by atoms with E-state index in [1.54, 1.807) is 24.4 Å². The molecule has 0 radical (unpaired) electrons. The van der Waals surface area contributed by atoms with Crippen LogP contribution in [-0.4, -0.2) is 16.9 Å². The van der Waals surface area contributed by atoms with Crippen molar-refractivity contribution in [2.24, 2.45) is 11.7 Å². The number of fused-ring (bicyclic) bond motifs is 1. The number of pyridine rings is 1. The molecule has 22 heavy (non-hydrogen) atoms. The van der Waals surface area contributed by atoms with E-state index in [2.05, 4.69) is 10.3 Å². The maximum Gasteiger partial charge on any atom is 0.255 e. The van der Waals surface area contributed by atoms with Crippen LogP contribution in [0.4, 0.5) is 5.69 Å². The summed E-state index contributed by atoms with van der Waals surface area (Å²) in [5, 5.41) is 4.28. The number of hydrogen-bond acceptors (Lipinski definition) is 3. The van der Waals surface area contributed by atoms with Crippen molar-refractivity contribution in [1.82, 2.24) is 4.98 Å². The van der Waals surface area contributed by atoms with Crippen LogP contribution >= 0.6 is 0 Å². The summed E-state index contributed by atoms with van der Waals surface area (Å²) < 4.78 is 0. The van der Waals surface area contributed by atoms with Crippen LogP contribution in [0.3, 0.4) is 0 Å². The molecule has 1 aliphatic carbocycles. The van der Waals surface area contributed by atoms with Crippen LogP contribution in [-0.2, 0) is 4.79 Å². The number of nitrogens with two attached hydrogens (primary N) is 1. The molecule has 1 atom stereocenters. The molecule has 1 aliphatic rings. The van der Waals surface area contributed by atoms with Gasteiger partial charge in [0.05, 0.1) is 6.04 Å². The molecule has 1 fully saturated rings. The van der Waals surface area contributed by atoms with E-state index >= 15 is 0 Å². The first kappa shape index (κ1) is 14.8. The van der Waals surface area contributed by atoms with E-state index in [4.69, 9.17) is 5.73 Å². The Morgan fingerprint density at radius 3 is 2.77 bits per heavy atom. The lowest BCUT2D eigenvalue weighted by Gasteiger charge is -2.26. The van der Waals surface area contributed by atoms with E-state index in [0.717, 1.165) is 31.1 Å². The lowest BCUT2D eigenvalue weighted by Crippen LogP contribution is -2.42. The van der Waals surface area contributed by atoms with Gasteiger partial charge in [-0.2, -0.15) is 0 Å². The Balaban J connectivity index is 1.74. The third-order valence-corrected chi connectivity index (χ3v) is 4.50. The second-order valence-corrected chi connectivity index (χ2v) is 6.02. The largest absolute Gasteiger partial charge is 0.329 e. The molecule has 1 aromatic heterocycles. The quantitative estimate of drug-likeness (QED) is 0.813. The van der Waals surface area contributed by atoms with Crippen molar-refractivity contribution in [2.45, 2.75) is 38.1 Å². The van der Waals surface area contributed by atoms with Crippen molar-refractivity contribution in [1.29, 1.82) is 0 Å². The fourth-order valence-electron chi connectivity index (χ4n) is 3.20. The molecular formula is C17H21N3O2. The summed E-state index contributed by atoms with van der Waals surface area (Å²) in [6.45, 7) is 0. The normalized spacial score (nSPS) is 17.3. The first-order chi connectivity index (χ1) is 10.6. The Bertz CT molecular complexity index is 732. The summed E-state index contributed by atoms with van der Waals surface area (Å²) in [7, 11) is 0. The molecule has 5 heteroatoms. The number of aromatic nitrogens is 1. The zero-order valence-corrected chi connectivity index (χ0v) is 12.5. The van der Waals surface area contributed by atoms with Gasteiger partial charge in [-0.3, -0.25) is 9.59 Å². The highest BCUT2D eigenvalue weighted by Crippen LogP contribution is 2.26. The molecule has 0 bridgehead atoms. The van der Waals surface area contributed by atoms with Crippen LogP contribution < -0.4 is 16.6 Å². The van der Waals surface area contributed by atoms with Gasteiger partial charge < -0.3 is 16.0 Å². The lowest BCUT2D eigenvalue weighted by molar-refractivity contribution is -0.118. The van der Waals surface area contributed by atoms with E-state index in [-0.39, 0.29) is 17.4 Å². The van der Waals surface area contributed by atoms with Crippen LogP contribution in [0.15, 0.2) is 35.3 Å². The number of nitrogens with one attached hydrogen (secondary N) is 2. The van der Waals surface area contributed by atoms with Gasteiger partial charge in [-0.05, 0) is 48.4 Å². The van der Waals surface area contributed by atoms with Crippen molar-refractivity contribution in [3.05, 3.63) is 40.8 Å². The predicted molar refractivity (Wildman–Crippen MR) is 87.7 cm³/mol. The third-order valence-electron chi connectivity index (χ3n) is 4.50. The zero-order valence-electron chi connectivity index (χ0n) is 12.5.